The fraction of sp³-hybridized carbons (Fsp3) is 0.438. The minimum atomic E-state index is -2.92. The highest BCUT2D eigenvalue weighted by Crippen LogP contribution is 2.24. The van der Waals surface area contributed by atoms with Crippen molar-refractivity contribution in [2.45, 2.75) is 25.0 Å². The summed E-state index contributed by atoms with van der Waals surface area (Å²) < 4.78 is 28.5. The van der Waals surface area contributed by atoms with E-state index in [-0.39, 0.29) is 34.3 Å². The molecule has 0 spiro atoms. The number of carbonyl (C=O) groups is 1. The van der Waals surface area contributed by atoms with Crippen molar-refractivity contribution >= 4 is 44.8 Å². The Morgan fingerprint density at radius 3 is 2.92 bits per heavy atom. The van der Waals surface area contributed by atoms with Crippen LogP contribution in [0.15, 0.2) is 27.8 Å². The van der Waals surface area contributed by atoms with E-state index in [1.165, 1.54) is 0 Å². The highest BCUT2D eigenvalue weighted by molar-refractivity contribution is 7.99. The molecule has 2 heterocycles. The summed E-state index contributed by atoms with van der Waals surface area (Å²) in [5.74, 6) is 0.714. The van der Waals surface area contributed by atoms with E-state index in [9.17, 15) is 13.2 Å². The van der Waals surface area contributed by atoms with Gasteiger partial charge in [-0.15, -0.1) is 10.2 Å². The zero-order valence-electron chi connectivity index (χ0n) is 14.1. The number of aromatic nitrogens is 2. The highest BCUT2D eigenvalue weighted by atomic mass is 35.5. The van der Waals surface area contributed by atoms with Gasteiger partial charge in [-0.3, -0.25) is 4.79 Å². The SMILES string of the molecule is Cc1ccc(NC(=O)CSc2nnc(C[C@@H]3CCS(=O)(=O)C3)o2)cc1Cl. The molecular weight excluding hydrogens is 398 g/mol. The lowest BCUT2D eigenvalue weighted by molar-refractivity contribution is -0.113. The Kier molecular flexibility index (Phi) is 5.89. The van der Waals surface area contributed by atoms with E-state index in [1.54, 1.807) is 12.1 Å². The monoisotopic (exact) mass is 415 g/mol. The number of nitrogens with zero attached hydrogens (tertiary/aromatic N) is 2. The van der Waals surface area contributed by atoms with Crippen LogP contribution in [0.4, 0.5) is 5.69 Å². The Morgan fingerprint density at radius 2 is 2.23 bits per heavy atom. The van der Waals surface area contributed by atoms with Crippen LogP contribution in [0.5, 0.6) is 0 Å². The largest absolute Gasteiger partial charge is 0.416 e. The molecule has 1 aliphatic heterocycles. The van der Waals surface area contributed by atoms with Crippen molar-refractivity contribution in [3.8, 4) is 0 Å². The van der Waals surface area contributed by atoms with E-state index in [0.29, 0.717) is 29.4 Å². The third kappa shape index (κ3) is 5.21. The lowest BCUT2D eigenvalue weighted by Crippen LogP contribution is -2.14. The maximum Gasteiger partial charge on any atom is 0.277 e. The van der Waals surface area contributed by atoms with Crippen molar-refractivity contribution in [1.82, 2.24) is 10.2 Å². The second-order valence-electron chi connectivity index (χ2n) is 6.24. The number of nitrogens with one attached hydrogen (secondary N) is 1. The van der Waals surface area contributed by atoms with Crippen molar-refractivity contribution in [2.24, 2.45) is 5.92 Å². The molecule has 1 atom stereocenters. The van der Waals surface area contributed by atoms with Crippen LogP contribution in [0.2, 0.25) is 5.02 Å². The molecular formula is C16H18ClN3O4S2. The van der Waals surface area contributed by atoms with Crippen molar-refractivity contribution in [3.63, 3.8) is 0 Å². The van der Waals surface area contributed by atoms with Crippen LogP contribution in [-0.4, -0.2) is 41.8 Å². The average Bonchev–Trinajstić information content (AvgIpc) is 3.15. The van der Waals surface area contributed by atoms with Gasteiger partial charge >= 0.3 is 0 Å². The van der Waals surface area contributed by atoms with Gasteiger partial charge in [-0.2, -0.15) is 0 Å². The molecule has 0 aliphatic carbocycles. The molecule has 1 fully saturated rings. The molecule has 140 valence electrons. The number of hydrogen-bond donors (Lipinski definition) is 1. The maximum atomic E-state index is 12.0. The zero-order valence-corrected chi connectivity index (χ0v) is 16.5. The van der Waals surface area contributed by atoms with Crippen LogP contribution in [-0.2, 0) is 21.1 Å². The van der Waals surface area contributed by atoms with Crippen molar-refractivity contribution in [3.05, 3.63) is 34.7 Å². The second kappa shape index (κ2) is 7.98. The van der Waals surface area contributed by atoms with Crippen LogP contribution in [0.25, 0.3) is 0 Å². The van der Waals surface area contributed by atoms with Crippen LogP contribution >= 0.6 is 23.4 Å². The van der Waals surface area contributed by atoms with Gasteiger partial charge in [0.1, 0.15) is 0 Å². The van der Waals surface area contributed by atoms with E-state index >= 15 is 0 Å². The summed E-state index contributed by atoms with van der Waals surface area (Å²) in [6, 6.07) is 5.31. The number of carbonyl (C=O) groups excluding carboxylic acids is 1. The number of thioether (sulfide) groups is 1. The fourth-order valence-electron chi connectivity index (χ4n) is 2.65. The first-order chi connectivity index (χ1) is 12.3. The smallest absolute Gasteiger partial charge is 0.277 e. The van der Waals surface area contributed by atoms with E-state index in [2.05, 4.69) is 15.5 Å². The molecule has 1 aromatic carbocycles. The minimum Gasteiger partial charge on any atom is -0.416 e. The molecule has 7 nitrogen and oxygen atoms in total. The Balaban J connectivity index is 1.48. The lowest BCUT2D eigenvalue weighted by Gasteiger charge is -2.05. The Labute approximate surface area is 160 Å². The lowest BCUT2D eigenvalue weighted by atomic mass is 10.1. The maximum absolute atomic E-state index is 12.0. The van der Waals surface area contributed by atoms with E-state index in [4.69, 9.17) is 16.0 Å². The van der Waals surface area contributed by atoms with Gasteiger partial charge in [0.15, 0.2) is 9.84 Å². The van der Waals surface area contributed by atoms with Gasteiger partial charge in [0.05, 0.1) is 17.3 Å². The number of sulfone groups is 1. The fourth-order valence-corrected chi connectivity index (χ4v) is 5.28. The molecule has 1 aromatic heterocycles. The molecule has 0 radical (unpaired) electrons. The van der Waals surface area contributed by atoms with Crippen molar-refractivity contribution in [2.75, 3.05) is 22.6 Å². The molecule has 1 saturated heterocycles. The summed E-state index contributed by atoms with van der Waals surface area (Å²) >= 11 is 7.16. The first-order valence-electron chi connectivity index (χ1n) is 8.02. The average molecular weight is 416 g/mol. The molecule has 26 heavy (non-hydrogen) atoms. The number of rotatable bonds is 6. The van der Waals surface area contributed by atoms with Gasteiger partial charge in [0, 0.05) is 17.1 Å². The summed E-state index contributed by atoms with van der Waals surface area (Å²) in [5.41, 5.74) is 1.56. The van der Waals surface area contributed by atoms with Crippen LogP contribution in [0.1, 0.15) is 17.9 Å². The van der Waals surface area contributed by atoms with Crippen LogP contribution in [0.3, 0.4) is 0 Å². The third-order valence-corrected chi connectivity index (χ3v) is 7.08. The first-order valence-corrected chi connectivity index (χ1v) is 11.2. The molecule has 1 aliphatic rings. The number of benzene rings is 1. The van der Waals surface area contributed by atoms with Crippen molar-refractivity contribution < 1.29 is 17.6 Å². The van der Waals surface area contributed by atoms with Gasteiger partial charge in [-0.05, 0) is 37.0 Å². The highest BCUT2D eigenvalue weighted by Gasteiger charge is 2.29. The third-order valence-electron chi connectivity index (χ3n) is 4.02. The summed E-state index contributed by atoms with van der Waals surface area (Å²) in [5, 5.41) is 11.5. The molecule has 3 rings (SSSR count). The normalized spacial score (nSPS) is 18.8. The summed E-state index contributed by atoms with van der Waals surface area (Å²) in [4.78, 5) is 12.0. The molecule has 0 saturated carbocycles. The zero-order chi connectivity index (χ0) is 18.7. The van der Waals surface area contributed by atoms with Gasteiger partial charge in [-0.25, -0.2) is 8.42 Å². The Bertz CT molecular complexity index is 914. The van der Waals surface area contributed by atoms with E-state index in [0.717, 1.165) is 17.3 Å². The summed E-state index contributed by atoms with van der Waals surface area (Å²) in [6.07, 6.45) is 1.07. The van der Waals surface area contributed by atoms with Crippen molar-refractivity contribution in [1.29, 1.82) is 0 Å². The predicted octanol–water partition coefficient (Wildman–Crippen LogP) is 2.74. The number of halogens is 1. The van der Waals surface area contributed by atoms with Gasteiger partial charge in [0.2, 0.25) is 11.8 Å². The standard InChI is InChI=1S/C16H18ClN3O4S2/c1-10-2-3-12(7-13(10)17)18-14(21)8-25-16-20-19-15(24-16)6-11-4-5-26(22,23)9-11/h2-3,7,11H,4-6,8-9H2,1H3,(H,18,21)/t11-/m0/s1. The molecule has 2 aromatic rings. The molecule has 1 N–H and O–H groups in total. The molecule has 1 amide bonds. The Hall–Kier alpha value is -1.58. The predicted molar refractivity (Wildman–Crippen MR) is 100 cm³/mol. The first kappa shape index (κ1) is 19.2. The summed E-state index contributed by atoms with van der Waals surface area (Å²) in [7, 11) is -2.92. The number of hydrogen-bond acceptors (Lipinski definition) is 7. The van der Waals surface area contributed by atoms with Gasteiger partial charge in [0.25, 0.3) is 5.22 Å². The van der Waals surface area contributed by atoms with Crippen LogP contribution in [0, 0.1) is 12.8 Å². The van der Waals surface area contributed by atoms with Gasteiger partial charge < -0.3 is 9.73 Å². The summed E-state index contributed by atoms with van der Waals surface area (Å²) in [6.45, 7) is 1.89. The van der Waals surface area contributed by atoms with E-state index in [1.807, 2.05) is 13.0 Å². The minimum absolute atomic E-state index is 0.0212. The topological polar surface area (TPSA) is 102 Å². The number of amides is 1. The molecule has 0 bridgehead atoms. The number of aryl methyl sites for hydroxylation is 1. The second-order valence-corrected chi connectivity index (χ2v) is 9.80. The van der Waals surface area contributed by atoms with Gasteiger partial charge in [-0.1, -0.05) is 29.4 Å². The van der Waals surface area contributed by atoms with E-state index < -0.39 is 9.84 Å². The molecule has 10 heteroatoms. The molecule has 0 unspecified atom stereocenters. The quantitative estimate of drug-likeness (QED) is 0.723. The number of anilines is 1. The van der Waals surface area contributed by atoms with Crippen LogP contribution < -0.4 is 5.32 Å². The Morgan fingerprint density at radius 1 is 1.42 bits per heavy atom.